The van der Waals surface area contributed by atoms with E-state index in [4.69, 9.17) is 9.47 Å². The number of rotatable bonds is 10. The van der Waals surface area contributed by atoms with Gasteiger partial charge < -0.3 is 14.8 Å². The van der Waals surface area contributed by atoms with Crippen molar-refractivity contribution in [3.63, 3.8) is 0 Å². The Morgan fingerprint density at radius 3 is 2.50 bits per heavy atom. The van der Waals surface area contributed by atoms with E-state index in [1.807, 2.05) is 103 Å². The summed E-state index contributed by atoms with van der Waals surface area (Å²) in [5.41, 5.74) is 4.10. The molecule has 0 aliphatic rings. The fourth-order valence-electron chi connectivity index (χ4n) is 4.24. The molecule has 1 N–H and O–H groups in total. The lowest BCUT2D eigenvalue weighted by Crippen LogP contribution is -2.20. The zero-order valence-electron chi connectivity index (χ0n) is 22.4. The first-order valence-corrected chi connectivity index (χ1v) is 13.7. The Morgan fingerprint density at radius 1 is 1.00 bits per heavy atom. The van der Waals surface area contributed by atoms with Crippen LogP contribution in [0.25, 0.3) is 17.1 Å². The molecule has 0 spiro atoms. The summed E-state index contributed by atoms with van der Waals surface area (Å²) in [6.45, 7) is 4.50. The first-order valence-electron chi connectivity index (χ1n) is 12.8. The largest absolute Gasteiger partial charge is 0.495 e. The molecule has 0 aliphatic carbocycles. The molecule has 1 amide bonds. The first-order chi connectivity index (χ1) is 19.6. The molecule has 2 heterocycles. The third kappa shape index (κ3) is 6.00. The van der Waals surface area contributed by atoms with E-state index in [0.717, 1.165) is 28.1 Å². The molecule has 0 unspecified atom stereocenters. The topological polar surface area (TPSA) is 91.2 Å². The number of hydrogen-bond acceptors (Lipinski definition) is 7. The molecule has 1 atom stereocenters. The molecular formula is C31H29N5O3S. The van der Waals surface area contributed by atoms with Crippen LogP contribution in [0.1, 0.15) is 23.3 Å². The van der Waals surface area contributed by atoms with Gasteiger partial charge in [0.15, 0.2) is 11.0 Å². The Labute approximate surface area is 237 Å². The number of amides is 1. The van der Waals surface area contributed by atoms with Gasteiger partial charge in [-0.05, 0) is 73.5 Å². The number of aryl methyl sites for hydroxylation is 1. The molecule has 0 saturated heterocycles. The summed E-state index contributed by atoms with van der Waals surface area (Å²) in [5.74, 6) is 1.77. The summed E-state index contributed by atoms with van der Waals surface area (Å²) < 4.78 is 13.1. The second kappa shape index (κ2) is 12.5. The summed E-state index contributed by atoms with van der Waals surface area (Å²) in [6.07, 6.45) is 3.46. The predicted molar refractivity (Wildman–Crippen MR) is 157 cm³/mol. The van der Waals surface area contributed by atoms with Crippen molar-refractivity contribution < 1.29 is 14.3 Å². The number of thioether (sulfide) groups is 1. The number of nitrogens with one attached hydrogen (secondary N) is 1. The fourth-order valence-corrected chi connectivity index (χ4v) is 5.30. The summed E-state index contributed by atoms with van der Waals surface area (Å²) in [6, 6.07) is 26.8. The van der Waals surface area contributed by atoms with Gasteiger partial charge in [-0.2, -0.15) is 0 Å². The Balaban J connectivity index is 1.56. The average molecular weight is 552 g/mol. The van der Waals surface area contributed by atoms with Crippen LogP contribution < -0.4 is 14.8 Å². The maximum absolute atomic E-state index is 13.9. The number of benzene rings is 3. The van der Waals surface area contributed by atoms with Crippen LogP contribution in [0.3, 0.4) is 0 Å². The highest BCUT2D eigenvalue weighted by Crippen LogP contribution is 2.39. The molecule has 5 rings (SSSR count). The summed E-state index contributed by atoms with van der Waals surface area (Å²) in [7, 11) is 1.59. The second-order valence-electron chi connectivity index (χ2n) is 8.91. The quantitative estimate of drug-likeness (QED) is 0.198. The van der Waals surface area contributed by atoms with Crippen molar-refractivity contribution in [3.05, 3.63) is 108 Å². The zero-order valence-corrected chi connectivity index (χ0v) is 23.3. The van der Waals surface area contributed by atoms with Crippen LogP contribution in [-0.2, 0) is 4.79 Å². The van der Waals surface area contributed by atoms with E-state index in [1.54, 1.807) is 19.5 Å². The molecule has 8 nitrogen and oxygen atoms in total. The fraction of sp³-hybridized carbons (Fsp3) is 0.161. The molecule has 9 heteroatoms. The number of anilines is 1. The lowest BCUT2D eigenvalue weighted by atomic mass is 10.1. The van der Waals surface area contributed by atoms with Gasteiger partial charge in [-0.15, -0.1) is 10.2 Å². The third-order valence-electron chi connectivity index (χ3n) is 6.14. The summed E-state index contributed by atoms with van der Waals surface area (Å²) >= 11 is 1.32. The minimum Gasteiger partial charge on any atom is -0.495 e. The van der Waals surface area contributed by atoms with Crippen molar-refractivity contribution in [2.75, 3.05) is 19.0 Å². The number of pyridine rings is 1. The molecule has 0 bridgehead atoms. The maximum atomic E-state index is 13.9. The number of methoxy groups -OCH3 is 1. The molecule has 0 fully saturated rings. The van der Waals surface area contributed by atoms with Crippen LogP contribution in [0.2, 0.25) is 0 Å². The van der Waals surface area contributed by atoms with Crippen LogP contribution in [0.4, 0.5) is 5.69 Å². The maximum Gasteiger partial charge on any atom is 0.242 e. The van der Waals surface area contributed by atoms with E-state index >= 15 is 0 Å². The number of ether oxygens (including phenoxy) is 2. The number of carbonyl (C=O) groups excluding carboxylic acids is 1. The molecule has 202 valence electrons. The van der Waals surface area contributed by atoms with Crippen molar-refractivity contribution in [2.45, 2.75) is 24.3 Å². The van der Waals surface area contributed by atoms with Gasteiger partial charge in [0.2, 0.25) is 5.91 Å². The minimum atomic E-state index is -0.626. The molecule has 0 radical (unpaired) electrons. The van der Waals surface area contributed by atoms with Crippen LogP contribution in [-0.4, -0.2) is 39.4 Å². The van der Waals surface area contributed by atoms with Gasteiger partial charge >= 0.3 is 0 Å². The van der Waals surface area contributed by atoms with Crippen molar-refractivity contribution >= 4 is 23.4 Å². The highest BCUT2D eigenvalue weighted by molar-refractivity contribution is 8.00. The molecule has 3 aromatic carbocycles. The molecule has 0 aliphatic heterocycles. The third-order valence-corrected chi connectivity index (χ3v) is 7.33. The normalized spacial score (nSPS) is 11.6. The Bertz CT molecular complexity index is 1570. The monoisotopic (exact) mass is 551 g/mol. The highest BCUT2D eigenvalue weighted by atomic mass is 32.2. The van der Waals surface area contributed by atoms with Crippen LogP contribution in [0.5, 0.6) is 11.5 Å². The van der Waals surface area contributed by atoms with E-state index in [9.17, 15) is 4.79 Å². The van der Waals surface area contributed by atoms with Crippen molar-refractivity contribution in [2.24, 2.45) is 0 Å². The molecule has 5 aromatic rings. The van der Waals surface area contributed by atoms with E-state index in [0.29, 0.717) is 29.0 Å². The van der Waals surface area contributed by atoms with Crippen molar-refractivity contribution in [1.82, 2.24) is 19.7 Å². The molecule has 2 aromatic heterocycles. The Morgan fingerprint density at radius 2 is 1.80 bits per heavy atom. The van der Waals surface area contributed by atoms with Crippen LogP contribution in [0.15, 0.2) is 102 Å². The van der Waals surface area contributed by atoms with Gasteiger partial charge in [-0.25, -0.2) is 0 Å². The number of aromatic nitrogens is 4. The standard InChI is InChI=1S/C31H29N5O3S/c1-4-39-25-15-13-24(14-16-25)36-29(23-11-8-18-32-20-23)34-35-31(36)40-28(22-9-6-5-7-10-22)30(37)33-26-19-21(2)12-17-27(26)38-3/h5-20,28H,4H2,1-3H3,(H,33,37)/t28-/m0/s1. The van der Waals surface area contributed by atoms with Gasteiger partial charge in [0.05, 0.1) is 19.4 Å². The van der Waals surface area contributed by atoms with Crippen molar-refractivity contribution in [1.29, 1.82) is 0 Å². The summed E-state index contributed by atoms with van der Waals surface area (Å²) in [5, 5.41) is 12.1. The smallest absolute Gasteiger partial charge is 0.242 e. The number of hydrogen-bond donors (Lipinski definition) is 1. The highest BCUT2D eigenvalue weighted by Gasteiger charge is 2.27. The van der Waals surface area contributed by atoms with Crippen LogP contribution in [0, 0.1) is 6.92 Å². The lowest BCUT2D eigenvalue weighted by Gasteiger charge is -2.19. The second-order valence-corrected chi connectivity index (χ2v) is 9.98. The Hall–Kier alpha value is -4.63. The lowest BCUT2D eigenvalue weighted by molar-refractivity contribution is -0.115. The predicted octanol–water partition coefficient (Wildman–Crippen LogP) is 6.52. The molecule has 40 heavy (non-hydrogen) atoms. The molecular weight excluding hydrogens is 522 g/mol. The molecule has 0 saturated carbocycles. The van der Waals surface area contributed by atoms with Crippen LogP contribution >= 0.6 is 11.8 Å². The SMILES string of the molecule is CCOc1ccc(-n2c(S[C@H](C(=O)Nc3cc(C)ccc3OC)c3ccccc3)nnc2-c2cccnc2)cc1. The van der Waals surface area contributed by atoms with Gasteiger partial charge in [0, 0.05) is 23.6 Å². The van der Waals surface area contributed by atoms with Gasteiger partial charge in [0.25, 0.3) is 0 Å². The van der Waals surface area contributed by atoms with Gasteiger partial charge in [-0.3, -0.25) is 14.3 Å². The van der Waals surface area contributed by atoms with Crippen molar-refractivity contribution in [3.8, 4) is 28.6 Å². The average Bonchev–Trinajstić information content (AvgIpc) is 3.41. The summed E-state index contributed by atoms with van der Waals surface area (Å²) in [4.78, 5) is 18.1. The van der Waals surface area contributed by atoms with E-state index in [2.05, 4.69) is 20.5 Å². The number of carbonyl (C=O) groups is 1. The minimum absolute atomic E-state index is 0.204. The van der Waals surface area contributed by atoms with Gasteiger partial charge in [0.1, 0.15) is 16.7 Å². The van der Waals surface area contributed by atoms with E-state index in [-0.39, 0.29) is 5.91 Å². The first kappa shape index (κ1) is 27.0. The van der Waals surface area contributed by atoms with E-state index in [1.165, 1.54) is 11.8 Å². The van der Waals surface area contributed by atoms with E-state index < -0.39 is 5.25 Å². The zero-order chi connectivity index (χ0) is 27.9. The van der Waals surface area contributed by atoms with Gasteiger partial charge in [-0.1, -0.05) is 48.2 Å². The number of nitrogens with zero attached hydrogens (tertiary/aromatic N) is 4. The Kier molecular flexibility index (Phi) is 8.41.